The number of phenolic OH excluding ortho intramolecular Hbond substituents is 1. The van der Waals surface area contributed by atoms with Gasteiger partial charge in [-0.1, -0.05) is 23.7 Å². The molecule has 0 amide bonds. The van der Waals surface area contributed by atoms with Gasteiger partial charge in [-0.25, -0.2) is 0 Å². The number of aromatic hydroxyl groups is 1. The second-order valence-electron chi connectivity index (χ2n) is 4.48. The molecule has 0 bridgehead atoms. The summed E-state index contributed by atoms with van der Waals surface area (Å²) in [6, 6.07) is 13.2. The maximum atomic E-state index is 10.4. The van der Waals surface area contributed by atoms with Crippen molar-refractivity contribution in [3.8, 4) is 16.9 Å². The number of hydrogen-bond acceptors (Lipinski definition) is 3. The zero-order valence-electron chi connectivity index (χ0n) is 10.9. The van der Waals surface area contributed by atoms with Gasteiger partial charge in [-0.15, -0.1) is 0 Å². The van der Waals surface area contributed by atoms with Gasteiger partial charge in [0.2, 0.25) is 0 Å². The summed E-state index contributed by atoms with van der Waals surface area (Å²) in [4.78, 5) is 4.21. The van der Waals surface area contributed by atoms with Crippen molar-refractivity contribution >= 4 is 28.2 Å². The van der Waals surface area contributed by atoms with Crippen LogP contribution in [0.5, 0.6) is 5.75 Å². The number of aromatic nitrogens is 1. The second-order valence-corrected chi connectivity index (χ2v) is 4.89. The van der Waals surface area contributed by atoms with Crippen LogP contribution in [0.1, 0.15) is 0 Å². The maximum Gasteiger partial charge on any atom is 0.149 e. The molecule has 1 aromatic heterocycles. The van der Waals surface area contributed by atoms with Crippen molar-refractivity contribution in [2.45, 2.75) is 0 Å². The van der Waals surface area contributed by atoms with Crippen molar-refractivity contribution in [3.63, 3.8) is 0 Å². The molecule has 0 spiro atoms. The van der Waals surface area contributed by atoms with E-state index in [2.05, 4.69) is 10.3 Å². The van der Waals surface area contributed by atoms with Crippen LogP contribution in [0, 0.1) is 0 Å². The van der Waals surface area contributed by atoms with E-state index in [4.69, 9.17) is 11.6 Å². The van der Waals surface area contributed by atoms with Crippen molar-refractivity contribution in [2.75, 3.05) is 12.4 Å². The van der Waals surface area contributed by atoms with E-state index in [0.29, 0.717) is 16.1 Å². The third kappa shape index (κ3) is 2.06. The van der Waals surface area contributed by atoms with Crippen molar-refractivity contribution in [1.29, 1.82) is 0 Å². The quantitative estimate of drug-likeness (QED) is 0.737. The molecule has 0 aliphatic carbocycles. The fourth-order valence-electron chi connectivity index (χ4n) is 2.22. The van der Waals surface area contributed by atoms with Gasteiger partial charge in [-0.3, -0.25) is 4.98 Å². The minimum absolute atomic E-state index is 0.155. The van der Waals surface area contributed by atoms with Crippen LogP contribution < -0.4 is 5.32 Å². The van der Waals surface area contributed by atoms with Gasteiger partial charge < -0.3 is 10.4 Å². The lowest BCUT2D eigenvalue weighted by atomic mass is 10.0. The third-order valence-electron chi connectivity index (χ3n) is 3.30. The molecular formula is C16H13ClN2O. The van der Waals surface area contributed by atoms with E-state index in [1.807, 2.05) is 37.4 Å². The Hall–Kier alpha value is -2.26. The molecule has 1 heterocycles. The summed E-state index contributed by atoms with van der Waals surface area (Å²) in [6.45, 7) is 0. The standard InChI is InChI=1S/C16H13ClN2O/c1-18-11-6-4-10(5-7-11)13-9-14(17)12-3-2-8-19-15(12)16(13)20/h2-9,18,20H,1H3. The Balaban J connectivity index is 2.22. The van der Waals surface area contributed by atoms with E-state index in [0.717, 1.165) is 16.6 Å². The number of halogens is 1. The van der Waals surface area contributed by atoms with Crippen LogP contribution in [0.2, 0.25) is 5.02 Å². The topological polar surface area (TPSA) is 45.2 Å². The van der Waals surface area contributed by atoms with Crippen LogP contribution in [0.15, 0.2) is 48.7 Å². The fourth-order valence-corrected chi connectivity index (χ4v) is 2.49. The Bertz CT molecular complexity index is 769. The summed E-state index contributed by atoms with van der Waals surface area (Å²) >= 11 is 6.28. The highest BCUT2D eigenvalue weighted by molar-refractivity contribution is 6.36. The van der Waals surface area contributed by atoms with Gasteiger partial charge >= 0.3 is 0 Å². The lowest BCUT2D eigenvalue weighted by Gasteiger charge is -2.10. The molecule has 0 fully saturated rings. The molecule has 2 N–H and O–H groups in total. The summed E-state index contributed by atoms with van der Waals surface area (Å²) in [5.41, 5.74) is 3.12. The lowest BCUT2D eigenvalue weighted by Crippen LogP contribution is -1.88. The van der Waals surface area contributed by atoms with Gasteiger partial charge in [0, 0.05) is 29.9 Å². The molecule has 3 aromatic rings. The first-order valence-corrected chi connectivity index (χ1v) is 6.63. The van der Waals surface area contributed by atoms with Gasteiger partial charge in [0.25, 0.3) is 0 Å². The second kappa shape index (κ2) is 5.02. The molecule has 100 valence electrons. The van der Waals surface area contributed by atoms with Crippen LogP contribution in [-0.4, -0.2) is 17.1 Å². The predicted molar refractivity (Wildman–Crippen MR) is 83.4 cm³/mol. The zero-order chi connectivity index (χ0) is 14.1. The molecule has 0 unspecified atom stereocenters. The highest BCUT2D eigenvalue weighted by atomic mass is 35.5. The van der Waals surface area contributed by atoms with Crippen molar-refractivity contribution in [1.82, 2.24) is 4.98 Å². The van der Waals surface area contributed by atoms with Crippen LogP contribution in [-0.2, 0) is 0 Å². The lowest BCUT2D eigenvalue weighted by molar-refractivity contribution is 0.482. The van der Waals surface area contributed by atoms with E-state index in [-0.39, 0.29) is 5.75 Å². The first kappa shape index (κ1) is 12.8. The summed E-state index contributed by atoms with van der Waals surface area (Å²) in [5, 5.41) is 14.8. The monoisotopic (exact) mass is 284 g/mol. The van der Waals surface area contributed by atoms with Crippen molar-refractivity contribution < 1.29 is 5.11 Å². The normalized spacial score (nSPS) is 10.7. The number of nitrogens with one attached hydrogen (secondary N) is 1. The molecule has 0 saturated carbocycles. The first-order chi connectivity index (χ1) is 9.70. The minimum atomic E-state index is 0.155. The molecule has 2 aromatic carbocycles. The van der Waals surface area contributed by atoms with E-state index in [1.54, 1.807) is 18.3 Å². The molecule has 0 atom stereocenters. The Morgan fingerprint density at radius 1 is 1.15 bits per heavy atom. The molecular weight excluding hydrogens is 272 g/mol. The molecule has 4 heteroatoms. The van der Waals surface area contributed by atoms with Gasteiger partial charge in [0.15, 0.2) is 0 Å². The molecule has 0 saturated heterocycles. The van der Waals surface area contributed by atoms with E-state index in [1.165, 1.54) is 0 Å². The van der Waals surface area contributed by atoms with Gasteiger partial charge in [-0.05, 0) is 35.9 Å². The molecule has 0 aliphatic heterocycles. The van der Waals surface area contributed by atoms with Crippen LogP contribution >= 0.6 is 11.6 Å². The number of pyridine rings is 1. The Kier molecular flexibility index (Phi) is 3.20. The minimum Gasteiger partial charge on any atom is -0.505 e. The van der Waals surface area contributed by atoms with Gasteiger partial charge in [0.05, 0.1) is 5.02 Å². The largest absolute Gasteiger partial charge is 0.505 e. The van der Waals surface area contributed by atoms with E-state index >= 15 is 0 Å². The Labute approximate surface area is 121 Å². The number of benzene rings is 2. The molecule has 0 aliphatic rings. The maximum absolute atomic E-state index is 10.4. The average molecular weight is 285 g/mol. The number of rotatable bonds is 2. The first-order valence-electron chi connectivity index (χ1n) is 6.25. The van der Waals surface area contributed by atoms with Gasteiger partial charge in [0.1, 0.15) is 11.3 Å². The summed E-state index contributed by atoms with van der Waals surface area (Å²) in [7, 11) is 1.86. The van der Waals surface area contributed by atoms with Crippen molar-refractivity contribution in [3.05, 3.63) is 53.7 Å². The Morgan fingerprint density at radius 2 is 1.90 bits per heavy atom. The number of fused-ring (bicyclic) bond motifs is 1. The zero-order valence-corrected chi connectivity index (χ0v) is 11.6. The SMILES string of the molecule is CNc1ccc(-c2cc(Cl)c3cccnc3c2O)cc1. The summed E-state index contributed by atoms with van der Waals surface area (Å²) < 4.78 is 0. The highest BCUT2D eigenvalue weighted by Gasteiger charge is 2.12. The predicted octanol–water partition coefficient (Wildman–Crippen LogP) is 4.30. The van der Waals surface area contributed by atoms with E-state index in [9.17, 15) is 5.11 Å². The van der Waals surface area contributed by atoms with E-state index < -0.39 is 0 Å². The summed E-state index contributed by atoms with van der Waals surface area (Å²) in [5.74, 6) is 0.155. The average Bonchev–Trinajstić information content (AvgIpc) is 2.51. The van der Waals surface area contributed by atoms with Crippen molar-refractivity contribution in [2.24, 2.45) is 0 Å². The number of phenols is 1. The Morgan fingerprint density at radius 3 is 2.60 bits per heavy atom. The van der Waals surface area contributed by atoms with Crippen LogP contribution in [0.25, 0.3) is 22.0 Å². The van der Waals surface area contributed by atoms with Gasteiger partial charge in [-0.2, -0.15) is 0 Å². The number of anilines is 1. The molecule has 3 nitrogen and oxygen atoms in total. The molecule has 3 rings (SSSR count). The van der Waals surface area contributed by atoms with Crippen LogP contribution in [0.3, 0.4) is 0 Å². The molecule has 0 radical (unpaired) electrons. The fraction of sp³-hybridized carbons (Fsp3) is 0.0625. The molecule has 20 heavy (non-hydrogen) atoms. The highest BCUT2D eigenvalue weighted by Crippen LogP contribution is 2.38. The third-order valence-corrected chi connectivity index (χ3v) is 3.61. The number of nitrogens with zero attached hydrogens (tertiary/aromatic N) is 1. The number of hydrogen-bond donors (Lipinski definition) is 2. The summed E-state index contributed by atoms with van der Waals surface area (Å²) in [6.07, 6.45) is 1.65. The smallest absolute Gasteiger partial charge is 0.149 e. The van der Waals surface area contributed by atoms with Crippen LogP contribution in [0.4, 0.5) is 5.69 Å².